The number of aliphatic hydroxyl groups is 1. The number of benzene rings is 1. The molecule has 17 heavy (non-hydrogen) atoms. The fraction of sp³-hybridized carbons (Fsp3) is 0.571. The van der Waals surface area contributed by atoms with Crippen molar-refractivity contribution >= 4 is 11.6 Å². The van der Waals surface area contributed by atoms with Crippen molar-refractivity contribution in [1.82, 2.24) is 5.32 Å². The molecule has 0 bridgehead atoms. The first kappa shape index (κ1) is 12.9. The maximum Gasteiger partial charge on any atom is 0.0771 e. The smallest absolute Gasteiger partial charge is 0.0771 e. The van der Waals surface area contributed by atoms with Crippen LogP contribution in [0.15, 0.2) is 24.3 Å². The van der Waals surface area contributed by atoms with Crippen molar-refractivity contribution in [2.75, 3.05) is 6.54 Å². The molecular weight excluding hydrogens is 234 g/mol. The Labute approximate surface area is 108 Å². The molecule has 0 aromatic heterocycles. The van der Waals surface area contributed by atoms with Crippen molar-refractivity contribution < 1.29 is 5.11 Å². The summed E-state index contributed by atoms with van der Waals surface area (Å²) in [6.07, 6.45) is 5.41. The molecule has 0 saturated heterocycles. The Morgan fingerprint density at radius 3 is 2.71 bits per heavy atom. The minimum absolute atomic E-state index is 0.489. The largest absolute Gasteiger partial charge is 0.389 e. The van der Waals surface area contributed by atoms with E-state index >= 15 is 0 Å². The van der Waals surface area contributed by atoms with Gasteiger partial charge >= 0.3 is 0 Å². The summed E-state index contributed by atoms with van der Waals surface area (Å²) >= 11 is 5.92. The van der Waals surface area contributed by atoms with E-state index in [4.69, 9.17) is 11.6 Å². The SMILES string of the molecule is OC1(CNCc2cccc(Cl)c2)CCCCC1. The molecular formula is C14H20ClNO. The van der Waals surface area contributed by atoms with Crippen LogP contribution in [-0.2, 0) is 6.54 Å². The van der Waals surface area contributed by atoms with Crippen molar-refractivity contribution in [1.29, 1.82) is 0 Å². The van der Waals surface area contributed by atoms with E-state index in [2.05, 4.69) is 5.32 Å². The minimum atomic E-state index is -0.489. The van der Waals surface area contributed by atoms with Crippen LogP contribution in [0.5, 0.6) is 0 Å². The molecule has 0 unspecified atom stereocenters. The van der Waals surface area contributed by atoms with Crippen molar-refractivity contribution in [3.05, 3.63) is 34.9 Å². The van der Waals surface area contributed by atoms with Crippen molar-refractivity contribution in [2.24, 2.45) is 0 Å². The minimum Gasteiger partial charge on any atom is -0.389 e. The van der Waals surface area contributed by atoms with E-state index in [0.717, 1.165) is 42.8 Å². The highest BCUT2D eigenvalue weighted by Gasteiger charge is 2.28. The molecule has 1 aliphatic carbocycles. The molecule has 0 heterocycles. The molecule has 1 aliphatic rings. The van der Waals surface area contributed by atoms with Gasteiger partial charge in [-0.3, -0.25) is 0 Å². The van der Waals surface area contributed by atoms with E-state index in [9.17, 15) is 5.11 Å². The summed E-state index contributed by atoms with van der Waals surface area (Å²) in [4.78, 5) is 0. The van der Waals surface area contributed by atoms with E-state index in [0.29, 0.717) is 6.54 Å². The van der Waals surface area contributed by atoms with Gasteiger partial charge in [-0.25, -0.2) is 0 Å². The Bertz CT molecular complexity index is 361. The lowest BCUT2D eigenvalue weighted by atomic mass is 9.85. The van der Waals surface area contributed by atoms with Gasteiger partial charge in [-0.05, 0) is 30.5 Å². The van der Waals surface area contributed by atoms with Crippen molar-refractivity contribution in [2.45, 2.75) is 44.2 Å². The molecule has 2 N–H and O–H groups in total. The lowest BCUT2D eigenvalue weighted by molar-refractivity contribution is 0.00468. The maximum atomic E-state index is 10.3. The molecule has 0 radical (unpaired) electrons. The zero-order valence-corrected chi connectivity index (χ0v) is 10.8. The van der Waals surface area contributed by atoms with Crippen LogP contribution in [-0.4, -0.2) is 17.3 Å². The van der Waals surface area contributed by atoms with Gasteiger partial charge in [0.1, 0.15) is 0 Å². The zero-order chi connectivity index (χ0) is 12.1. The molecule has 0 amide bonds. The maximum absolute atomic E-state index is 10.3. The Balaban J connectivity index is 1.79. The van der Waals surface area contributed by atoms with Crippen LogP contribution in [0.2, 0.25) is 5.02 Å². The molecule has 1 saturated carbocycles. The normalized spacial score (nSPS) is 19.2. The van der Waals surface area contributed by atoms with E-state index in [1.807, 2.05) is 24.3 Å². The molecule has 2 nitrogen and oxygen atoms in total. The van der Waals surface area contributed by atoms with Gasteiger partial charge in [-0.15, -0.1) is 0 Å². The zero-order valence-electron chi connectivity index (χ0n) is 10.1. The van der Waals surface area contributed by atoms with Crippen LogP contribution in [0.25, 0.3) is 0 Å². The average Bonchev–Trinajstić information content (AvgIpc) is 2.30. The van der Waals surface area contributed by atoms with Crippen LogP contribution in [0.3, 0.4) is 0 Å². The molecule has 1 aromatic carbocycles. The van der Waals surface area contributed by atoms with Crippen LogP contribution >= 0.6 is 11.6 Å². The summed E-state index contributed by atoms with van der Waals surface area (Å²) in [5, 5.41) is 14.4. The Hall–Kier alpha value is -0.570. The summed E-state index contributed by atoms with van der Waals surface area (Å²) in [5.41, 5.74) is 0.675. The molecule has 0 aliphatic heterocycles. The van der Waals surface area contributed by atoms with Crippen molar-refractivity contribution in [3.63, 3.8) is 0 Å². The third-order valence-electron chi connectivity index (χ3n) is 3.46. The van der Waals surface area contributed by atoms with Crippen LogP contribution in [0, 0.1) is 0 Å². The van der Waals surface area contributed by atoms with Crippen LogP contribution in [0.1, 0.15) is 37.7 Å². The monoisotopic (exact) mass is 253 g/mol. The average molecular weight is 254 g/mol. The lowest BCUT2D eigenvalue weighted by Crippen LogP contribution is -2.41. The number of rotatable bonds is 4. The summed E-state index contributed by atoms with van der Waals surface area (Å²) in [6.45, 7) is 1.45. The quantitative estimate of drug-likeness (QED) is 0.864. The lowest BCUT2D eigenvalue weighted by Gasteiger charge is -2.32. The van der Waals surface area contributed by atoms with Crippen LogP contribution < -0.4 is 5.32 Å². The highest BCUT2D eigenvalue weighted by atomic mass is 35.5. The molecule has 0 spiro atoms. The van der Waals surface area contributed by atoms with Gasteiger partial charge in [-0.2, -0.15) is 0 Å². The Morgan fingerprint density at radius 1 is 1.24 bits per heavy atom. The Kier molecular flexibility index (Phi) is 4.43. The van der Waals surface area contributed by atoms with Gasteiger partial charge in [0.15, 0.2) is 0 Å². The van der Waals surface area contributed by atoms with E-state index < -0.39 is 5.60 Å². The molecule has 2 rings (SSSR count). The predicted octanol–water partition coefficient (Wildman–Crippen LogP) is 3.12. The fourth-order valence-electron chi connectivity index (χ4n) is 2.47. The van der Waals surface area contributed by atoms with Crippen molar-refractivity contribution in [3.8, 4) is 0 Å². The number of halogens is 1. The molecule has 1 aromatic rings. The third-order valence-corrected chi connectivity index (χ3v) is 3.69. The molecule has 0 atom stereocenters. The fourth-order valence-corrected chi connectivity index (χ4v) is 2.69. The van der Waals surface area contributed by atoms with Crippen LogP contribution in [0.4, 0.5) is 0 Å². The number of hydrogen-bond donors (Lipinski definition) is 2. The standard InChI is InChI=1S/C14H20ClNO/c15-13-6-4-5-12(9-13)10-16-11-14(17)7-2-1-3-8-14/h4-6,9,16-17H,1-3,7-8,10-11H2. The molecule has 1 fully saturated rings. The number of hydrogen-bond acceptors (Lipinski definition) is 2. The van der Waals surface area contributed by atoms with Gasteiger partial charge in [0.25, 0.3) is 0 Å². The van der Waals surface area contributed by atoms with Gasteiger partial charge < -0.3 is 10.4 Å². The first-order chi connectivity index (χ1) is 8.18. The highest BCUT2D eigenvalue weighted by molar-refractivity contribution is 6.30. The molecule has 94 valence electrons. The van der Waals surface area contributed by atoms with E-state index in [-0.39, 0.29) is 0 Å². The second-order valence-corrected chi connectivity index (χ2v) is 5.45. The summed E-state index contributed by atoms with van der Waals surface area (Å²) in [7, 11) is 0. The first-order valence-electron chi connectivity index (χ1n) is 6.36. The molecule has 3 heteroatoms. The van der Waals surface area contributed by atoms with E-state index in [1.165, 1.54) is 6.42 Å². The first-order valence-corrected chi connectivity index (χ1v) is 6.73. The summed E-state index contributed by atoms with van der Waals surface area (Å²) < 4.78 is 0. The third kappa shape index (κ3) is 3.98. The van der Waals surface area contributed by atoms with E-state index in [1.54, 1.807) is 0 Å². The summed E-state index contributed by atoms with van der Waals surface area (Å²) in [5.74, 6) is 0. The second kappa shape index (κ2) is 5.85. The Morgan fingerprint density at radius 2 is 2.00 bits per heavy atom. The predicted molar refractivity (Wildman–Crippen MR) is 71.2 cm³/mol. The second-order valence-electron chi connectivity index (χ2n) is 5.02. The number of nitrogens with one attached hydrogen (secondary N) is 1. The van der Waals surface area contributed by atoms with Gasteiger partial charge in [0, 0.05) is 18.1 Å². The van der Waals surface area contributed by atoms with Gasteiger partial charge in [0.2, 0.25) is 0 Å². The topological polar surface area (TPSA) is 32.3 Å². The highest BCUT2D eigenvalue weighted by Crippen LogP contribution is 2.27. The van der Waals surface area contributed by atoms with Gasteiger partial charge in [0.05, 0.1) is 5.60 Å². The van der Waals surface area contributed by atoms with Gasteiger partial charge in [-0.1, -0.05) is 43.0 Å². The summed E-state index contributed by atoms with van der Waals surface area (Å²) in [6, 6.07) is 7.83.